The molecule has 0 spiro atoms. The molecule has 2 aromatic rings. The first-order chi connectivity index (χ1) is 11.0. The number of benzene rings is 1. The molecule has 0 aliphatic carbocycles. The molecular weight excluding hydrogens is 364 g/mol. The molecule has 0 unspecified atom stereocenters. The first-order valence-corrected chi connectivity index (χ1v) is 7.05. The van der Waals surface area contributed by atoms with Crippen molar-refractivity contribution in [3.8, 4) is 23.6 Å². The highest BCUT2D eigenvalue weighted by Crippen LogP contribution is 2.33. The van der Waals surface area contributed by atoms with Gasteiger partial charge >= 0.3 is 5.97 Å². The molecule has 8 heteroatoms. The molecule has 116 valence electrons. The van der Waals surface area contributed by atoms with Crippen LogP contribution in [0.15, 0.2) is 22.8 Å². The Morgan fingerprint density at radius 3 is 2.43 bits per heavy atom. The van der Waals surface area contributed by atoms with Gasteiger partial charge in [0.25, 0.3) is 0 Å². The zero-order valence-corrected chi connectivity index (χ0v) is 13.8. The Bertz CT molecular complexity index is 874. The average molecular weight is 375 g/mol. The summed E-state index contributed by atoms with van der Waals surface area (Å²) in [6, 6.07) is 7.06. The lowest BCUT2D eigenvalue weighted by Gasteiger charge is -2.13. The van der Waals surface area contributed by atoms with E-state index in [2.05, 4.69) is 15.9 Å². The smallest absolute Gasteiger partial charge is 0.357 e. The van der Waals surface area contributed by atoms with Crippen LogP contribution in [0, 0.1) is 22.7 Å². The predicted octanol–water partition coefficient (Wildman–Crippen LogP) is 2.36. The van der Waals surface area contributed by atoms with Gasteiger partial charge in [-0.05, 0) is 22.0 Å². The molecule has 23 heavy (non-hydrogen) atoms. The Hall–Kier alpha value is -2.97. The van der Waals surface area contributed by atoms with Gasteiger partial charge in [-0.2, -0.15) is 10.5 Å². The number of ether oxygens (including phenoxy) is 2. The number of carbonyl (C=O) groups excluding carboxylic acids is 1. The molecule has 1 aromatic carbocycles. The van der Waals surface area contributed by atoms with E-state index in [-0.39, 0.29) is 22.5 Å². The van der Waals surface area contributed by atoms with Crippen LogP contribution < -0.4 is 10.5 Å². The average Bonchev–Trinajstić information content (AvgIpc) is 2.90. The lowest BCUT2D eigenvalue weighted by atomic mass is 10.1. The number of halogens is 1. The lowest BCUT2D eigenvalue weighted by molar-refractivity contribution is 0.0593. The van der Waals surface area contributed by atoms with E-state index in [1.165, 1.54) is 25.0 Å². The van der Waals surface area contributed by atoms with Crippen molar-refractivity contribution in [1.29, 1.82) is 10.5 Å². The number of rotatable bonds is 3. The number of nitrogens with two attached hydrogens (primary N) is 1. The van der Waals surface area contributed by atoms with Crippen LogP contribution in [0.4, 0.5) is 5.69 Å². The zero-order valence-electron chi connectivity index (χ0n) is 12.3. The second-order valence-electron chi connectivity index (χ2n) is 4.39. The predicted molar refractivity (Wildman–Crippen MR) is 85.2 cm³/mol. The van der Waals surface area contributed by atoms with E-state index in [4.69, 9.17) is 20.5 Å². The first kappa shape index (κ1) is 16.4. The number of aromatic nitrogens is 1. The third-order valence-electron chi connectivity index (χ3n) is 3.19. The highest BCUT2D eigenvalue weighted by atomic mass is 79.9. The van der Waals surface area contributed by atoms with E-state index in [1.54, 1.807) is 12.1 Å². The topological polar surface area (TPSA) is 114 Å². The number of nitrogen functional groups attached to an aromatic ring is 1. The first-order valence-electron chi connectivity index (χ1n) is 6.25. The summed E-state index contributed by atoms with van der Waals surface area (Å²) >= 11 is 3.30. The van der Waals surface area contributed by atoms with Crippen LogP contribution in [-0.2, 0) is 4.74 Å². The fourth-order valence-corrected chi connectivity index (χ4v) is 2.60. The van der Waals surface area contributed by atoms with Crippen LogP contribution in [0.1, 0.15) is 21.6 Å². The van der Waals surface area contributed by atoms with E-state index in [0.29, 0.717) is 15.9 Å². The van der Waals surface area contributed by atoms with Gasteiger partial charge in [-0.25, -0.2) is 4.79 Å². The molecule has 7 nitrogen and oxygen atoms in total. The second-order valence-corrected chi connectivity index (χ2v) is 5.25. The fourth-order valence-electron chi connectivity index (χ4n) is 2.09. The Morgan fingerprint density at radius 1 is 1.26 bits per heavy atom. The molecule has 2 rings (SSSR count). The van der Waals surface area contributed by atoms with Crippen molar-refractivity contribution in [3.63, 3.8) is 0 Å². The fraction of sp³-hybridized carbons (Fsp3) is 0.133. The van der Waals surface area contributed by atoms with Crippen molar-refractivity contribution in [2.24, 2.45) is 0 Å². The van der Waals surface area contributed by atoms with E-state index in [1.807, 2.05) is 12.1 Å². The highest BCUT2D eigenvalue weighted by molar-refractivity contribution is 9.10. The number of methoxy groups -OCH3 is 2. The molecule has 1 heterocycles. The quantitative estimate of drug-likeness (QED) is 0.824. The Labute approximate surface area is 140 Å². The van der Waals surface area contributed by atoms with Crippen molar-refractivity contribution in [2.45, 2.75) is 0 Å². The van der Waals surface area contributed by atoms with Crippen molar-refractivity contribution < 1.29 is 14.3 Å². The van der Waals surface area contributed by atoms with Crippen LogP contribution in [0.25, 0.3) is 5.69 Å². The third-order valence-corrected chi connectivity index (χ3v) is 3.81. The number of esters is 1. The number of hydrogen-bond donors (Lipinski definition) is 1. The van der Waals surface area contributed by atoms with Crippen molar-refractivity contribution in [1.82, 2.24) is 4.57 Å². The number of nitrogens with zero attached hydrogens (tertiary/aromatic N) is 3. The highest BCUT2D eigenvalue weighted by Gasteiger charge is 2.23. The summed E-state index contributed by atoms with van der Waals surface area (Å²) in [5.74, 6) is -0.254. The van der Waals surface area contributed by atoms with Gasteiger partial charge in [0.05, 0.1) is 41.2 Å². The summed E-state index contributed by atoms with van der Waals surface area (Å²) < 4.78 is 11.9. The third kappa shape index (κ3) is 2.72. The standard InChI is InChI=1S/C15H11BrN4O3/c1-22-12-4-11(8(5-17)3-10(12)16)20-7-9(6-18)13(19)14(20)15(21)23-2/h3-4,7H,19H2,1-2H3. The van der Waals surface area contributed by atoms with Gasteiger partial charge in [-0.1, -0.05) is 0 Å². The normalized spacial score (nSPS) is 9.78. The molecule has 0 fully saturated rings. The van der Waals surface area contributed by atoms with Crippen LogP contribution in [-0.4, -0.2) is 24.8 Å². The van der Waals surface area contributed by atoms with E-state index in [0.717, 1.165) is 0 Å². The minimum Gasteiger partial charge on any atom is -0.495 e. The van der Waals surface area contributed by atoms with E-state index >= 15 is 0 Å². The monoisotopic (exact) mass is 374 g/mol. The summed E-state index contributed by atoms with van der Waals surface area (Å²) in [7, 11) is 2.68. The molecular formula is C15H11BrN4O3. The number of carbonyl (C=O) groups is 1. The van der Waals surface area contributed by atoms with Crippen LogP contribution in [0.3, 0.4) is 0 Å². The van der Waals surface area contributed by atoms with Gasteiger partial charge in [0.15, 0.2) is 5.69 Å². The lowest BCUT2D eigenvalue weighted by Crippen LogP contribution is -2.12. The Balaban J connectivity index is 2.85. The molecule has 0 aliphatic rings. The van der Waals surface area contributed by atoms with E-state index < -0.39 is 5.97 Å². The maximum atomic E-state index is 12.0. The summed E-state index contributed by atoms with van der Waals surface area (Å²) in [5.41, 5.74) is 6.54. The summed E-state index contributed by atoms with van der Waals surface area (Å²) in [6.45, 7) is 0. The van der Waals surface area contributed by atoms with Gasteiger partial charge in [-0.15, -0.1) is 0 Å². The van der Waals surface area contributed by atoms with Gasteiger partial charge < -0.3 is 19.8 Å². The second kappa shape index (κ2) is 6.42. The van der Waals surface area contributed by atoms with Crippen molar-refractivity contribution in [2.75, 3.05) is 20.0 Å². The molecule has 0 amide bonds. The molecule has 0 bridgehead atoms. The summed E-state index contributed by atoms with van der Waals surface area (Å²) in [6.07, 6.45) is 1.38. The largest absolute Gasteiger partial charge is 0.495 e. The summed E-state index contributed by atoms with van der Waals surface area (Å²) in [5, 5.41) is 18.5. The van der Waals surface area contributed by atoms with Gasteiger partial charge in [0, 0.05) is 12.3 Å². The van der Waals surface area contributed by atoms with Crippen molar-refractivity contribution >= 4 is 27.6 Å². The molecule has 0 saturated heterocycles. The van der Waals surface area contributed by atoms with Crippen LogP contribution >= 0.6 is 15.9 Å². The molecule has 0 saturated carbocycles. The van der Waals surface area contributed by atoms with E-state index in [9.17, 15) is 10.1 Å². The molecule has 0 aliphatic heterocycles. The number of nitriles is 2. The minimum atomic E-state index is -0.713. The molecule has 2 N–H and O–H groups in total. The van der Waals surface area contributed by atoms with Crippen LogP contribution in [0.5, 0.6) is 5.75 Å². The minimum absolute atomic E-state index is 0.00914. The Kier molecular flexibility index (Phi) is 4.58. The van der Waals surface area contributed by atoms with Gasteiger partial charge in [0.1, 0.15) is 17.9 Å². The zero-order chi connectivity index (χ0) is 17.1. The SMILES string of the molecule is COC(=O)c1c(N)c(C#N)cn1-c1cc(OC)c(Br)cc1C#N. The van der Waals surface area contributed by atoms with Crippen LogP contribution in [0.2, 0.25) is 0 Å². The molecule has 0 radical (unpaired) electrons. The van der Waals surface area contributed by atoms with Gasteiger partial charge in [-0.3, -0.25) is 0 Å². The molecule has 1 aromatic heterocycles. The maximum Gasteiger partial charge on any atom is 0.357 e. The van der Waals surface area contributed by atoms with Gasteiger partial charge in [0.2, 0.25) is 0 Å². The number of hydrogen-bond acceptors (Lipinski definition) is 6. The Morgan fingerprint density at radius 2 is 1.91 bits per heavy atom. The number of anilines is 1. The maximum absolute atomic E-state index is 12.0. The van der Waals surface area contributed by atoms with Crippen molar-refractivity contribution in [3.05, 3.63) is 39.6 Å². The molecule has 0 atom stereocenters. The summed E-state index contributed by atoms with van der Waals surface area (Å²) in [4.78, 5) is 12.0.